The van der Waals surface area contributed by atoms with Crippen molar-refractivity contribution in [2.75, 3.05) is 0 Å². The molecular formula is C19H34Si2Ti. The van der Waals surface area contributed by atoms with Crippen LogP contribution in [-0.4, -0.2) is 21.4 Å². The second-order valence-electron chi connectivity index (χ2n) is 6.01. The molecule has 0 amide bonds. The summed E-state index contributed by atoms with van der Waals surface area (Å²) in [7, 11) is 0.241. The van der Waals surface area contributed by atoms with Crippen LogP contribution in [0.1, 0.15) is 26.7 Å². The average Bonchev–Trinajstić information content (AvgIpc) is 3.06. The SMILES string of the molecule is C[C](C)=[Ti+2].C[Si](C)C.C[Si](C)C.[C-]1=CC=CC1.[C-]1=CC=CC1. The van der Waals surface area contributed by atoms with E-state index in [-0.39, 0.29) is 17.6 Å². The Morgan fingerprint density at radius 3 is 1.05 bits per heavy atom. The normalized spacial score (nSPS) is 12.5. The van der Waals surface area contributed by atoms with Crippen LogP contribution in [0.5, 0.6) is 0 Å². The van der Waals surface area contributed by atoms with Crippen molar-refractivity contribution in [2.24, 2.45) is 0 Å². The smallest absolute Gasteiger partial charge is 0.0379 e. The van der Waals surface area contributed by atoms with Crippen LogP contribution in [0.15, 0.2) is 36.5 Å². The molecule has 0 unspecified atom stereocenters. The van der Waals surface area contributed by atoms with Crippen LogP contribution in [0, 0.1) is 12.2 Å². The van der Waals surface area contributed by atoms with Crippen LogP contribution in [-0.2, 0) is 20.0 Å². The van der Waals surface area contributed by atoms with Crippen molar-refractivity contribution in [3.8, 4) is 0 Å². The Balaban J connectivity index is -0.000000207. The molecule has 22 heavy (non-hydrogen) atoms. The van der Waals surface area contributed by atoms with Gasteiger partial charge in [-0.2, -0.15) is 12.2 Å². The van der Waals surface area contributed by atoms with E-state index in [1.807, 2.05) is 24.3 Å². The molecule has 0 N–H and O–H groups in total. The number of hydrogen-bond donors (Lipinski definition) is 0. The third kappa shape index (κ3) is 72.3. The maximum atomic E-state index is 2.99. The van der Waals surface area contributed by atoms with E-state index in [1.165, 1.54) is 3.81 Å². The Morgan fingerprint density at radius 2 is 1.00 bits per heavy atom. The van der Waals surface area contributed by atoms with Crippen molar-refractivity contribution in [3.63, 3.8) is 0 Å². The third-order valence-electron chi connectivity index (χ3n) is 1.17. The van der Waals surface area contributed by atoms with E-state index in [0.29, 0.717) is 0 Å². The summed E-state index contributed by atoms with van der Waals surface area (Å²) in [4.78, 5) is 0. The minimum absolute atomic E-state index is 0.120. The Hall–Kier alpha value is -0.0219. The first-order valence-electron chi connectivity index (χ1n) is 7.68. The third-order valence-corrected chi connectivity index (χ3v) is 1.17. The topological polar surface area (TPSA) is 0 Å². The summed E-state index contributed by atoms with van der Waals surface area (Å²) in [6, 6.07) is 0. The molecular weight excluding hydrogens is 332 g/mol. The van der Waals surface area contributed by atoms with Crippen molar-refractivity contribution in [1.82, 2.24) is 0 Å². The molecule has 0 heterocycles. The van der Waals surface area contributed by atoms with Gasteiger partial charge in [-0.15, -0.1) is 12.8 Å². The zero-order valence-electron chi connectivity index (χ0n) is 15.9. The predicted molar refractivity (Wildman–Crippen MR) is 106 cm³/mol. The van der Waals surface area contributed by atoms with Crippen LogP contribution in [0.25, 0.3) is 0 Å². The van der Waals surface area contributed by atoms with Gasteiger partial charge in [-0.25, -0.2) is 24.3 Å². The van der Waals surface area contributed by atoms with Crippen molar-refractivity contribution in [1.29, 1.82) is 0 Å². The monoisotopic (exact) mass is 366 g/mol. The van der Waals surface area contributed by atoms with E-state index in [1.54, 1.807) is 0 Å². The number of allylic oxidation sites excluding steroid dienone is 8. The molecule has 3 heteroatoms. The first kappa shape index (κ1) is 26.9. The summed E-state index contributed by atoms with van der Waals surface area (Å²) in [6.45, 7) is 17.8. The molecule has 0 bridgehead atoms. The predicted octanol–water partition coefficient (Wildman–Crippen LogP) is 6.10. The molecule has 122 valence electrons. The second kappa shape index (κ2) is 23.2. The molecule has 0 aromatic heterocycles. The Labute approximate surface area is 155 Å². The Morgan fingerprint density at radius 1 is 0.773 bits per heavy atom. The summed E-state index contributed by atoms with van der Waals surface area (Å²) in [5.74, 6) is 0. The number of hydrogen-bond acceptors (Lipinski definition) is 0. The average molecular weight is 367 g/mol. The quantitative estimate of drug-likeness (QED) is 0.359. The van der Waals surface area contributed by atoms with Crippen LogP contribution in [0.4, 0.5) is 0 Å². The maximum absolute atomic E-state index is 2.99. The Bertz CT molecular complexity index is 280. The second-order valence-corrected chi connectivity index (χ2v) is 13.6. The summed E-state index contributed by atoms with van der Waals surface area (Å²) in [5, 5.41) is 0. The van der Waals surface area contributed by atoms with Gasteiger partial charge in [0.2, 0.25) is 0 Å². The van der Waals surface area contributed by atoms with Gasteiger partial charge >= 0.3 is 37.6 Å². The van der Waals surface area contributed by atoms with Gasteiger partial charge < -0.3 is 0 Å². The molecule has 2 rings (SSSR count). The summed E-state index contributed by atoms with van der Waals surface area (Å²) in [6.07, 6.45) is 20.0. The standard InChI is InChI=1S/2C5H5.2C3H9Si.C3H6.Ti/c2*1-2-4-5-3-1;2*1-4(2)3;1-3-2;/h2*1-3H,4H2;2*1-3H3;1-2H3;/q2*-1;;;;+2. The van der Waals surface area contributed by atoms with Crippen molar-refractivity contribution < 1.29 is 20.0 Å². The van der Waals surface area contributed by atoms with E-state index in [0.717, 1.165) is 12.8 Å². The van der Waals surface area contributed by atoms with Gasteiger partial charge in [0.25, 0.3) is 0 Å². The molecule has 0 spiro atoms. The molecule has 0 nitrogen and oxygen atoms in total. The van der Waals surface area contributed by atoms with Gasteiger partial charge in [-0.05, 0) is 0 Å². The Kier molecular flexibility index (Phi) is 28.4. The van der Waals surface area contributed by atoms with Crippen LogP contribution in [0.2, 0.25) is 39.3 Å². The van der Waals surface area contributed by atoms with Crippen LogP contribution in [0.3, 0.4) is 0 Å². The molecule has 0 atom stereocenters. The molecule has 2 aliphatic carbocycles. The van der Waals surface area contributed by atoms with E-state index in [2.05, 4.69) is 97.4 Å². The minimum Gasteiger partial charge on any atom is -0.273 e. The largest absolute Gasteiger partial charge is 0.273 e. The summed E-state index contributed by atoms with van der Waals surface area (Å²) < 4.78 is 1.42. The molecule has 0 fully saturated rings. The van der Waals surface area contributed by atoms with Crippen molar-refractivity contribution in [2.45, 2.75) is 66.0 Å². The van der Waals surface area contributed by atoms with Crippen molar-refractivity contribution >= 4 is 21.4 Å². The first-order valence-corrected chi connectivity index (χ1v) is 14.5. The molecule has 0 aromatic carbocycles. The minimum atomic E-state index is 0.120. The fraction of sp³-hybridized carbons (Fsp3) is 0.526. The molecule has 0 saturated heterocycles. The molecule has 2 radical (unpaired) electrons. The fourth-order valence-electron chi connectivity index (χ4n) is 0.680. The van der Waals surface area contributed by atoms with Gasteiger partial charge in [0.15, 0.2) is 0 Å². The van der Waals surface area contributed by atoms with Gasteiger partial charge in [0.05, 0.1) is 0 Å². The maximum Gasteiger partial charge on any atom is 0.0379 e. The van der Waals surface area contributed by atoms with E-state index < -0.39 is 0 Å². The zero-order chi connectivity index (χ0) is 17.8. The van der Waals surface area contributed by atoms with Gasteiger partial charge in [-0.1, -0.05) is 39.3 Å². The molecule has 0 aromatic rings. The molecule has 0 saturated carbocycles. The zero-order valence-corrected chi connectivity index (χ0v) is 19.4. The van der Waals surface area contributed by atoms with E-state index in [9.17, 15) is 0 Å². The van der Waals surface area contributed by atoms with Crippen molar-refractivity contribution in [3.05, 3.63) is 48.6 Å². The summed E-state index contributed by atoms with van der Waals surface area (Å²) >= 11 is 2.08. The van der Waals surface area contributed by atoms with Crippen LogP contribution >= 0.6 is 0 Å². The first-order chi connectivity index (χ1) is 10.2. The van der Waals surface area contributed by atoms with Crippen LogP contribution < -0.4 is 0 Å². The van der Waals surface area contributed by atoms with Gasteiger partial charge in [-0.3, -0.25) is 12.2 Å². The molecule has 0 aliphatic heterocycles. The van der Waals surface area contributed by atoms with E-state index in [4.69, 9.17) is 0 Å². The number of rotatable bonds is 0. The fourth-order valence-corrected chi connectivity index (χ4v) is 0.680. The molecule has 2 aliphatic rings. The van der Waals surface area contributed by atoms with E-state index >= 15 is 0 Å². The van der Waals surface area contributed by atoms with Gasteiger partial charge in [0, 0.05) is 17.6 Å². The summed E-state index contributed by atoms with van der Waals surface area (Å²) in [5.41, 5.74) is 0. The van der Waals surface area contributed by atoms with Gasteiger partial charge in [0.1, 0.15) is 0 Å².